The number of hydrogen-bond acceptors (Lipinski definition) is 3. The lowest BCUT2D eigenvalue weighted by Gasteiger charge is -2.31. The first-order chi connectivity index (χ1) is 12.6. The predicted molar refractivity (Wildman–Crippen MR) is 96.0 cm³/mol. The molecule has 1 heterocycles. The highest BCUT2D eigenvalue weighted by Crippen LogP contribution is 2.21. The van der Waals surface area contributed by atoms with Gasteiger partial charge in [0.15, 0.2) is 0 Å². The van der Waals surface area contributed by atoms with E-state index in [1.807, 2.05) is 6.08 Å². The predicted octanol–water partition coefficient (Wildman–Crippen LogP) is 3.02. The summed E-state index contributed by atoms with van der Waals surface area (Å²) in [7, 11) is 1.52. The highest BCUT2D eigenvalue weighted by molar-refractivity contribution is 6.24. The molecule has 4 amide bonds. The minimum atomic E-state index is -0.661. The van der Waals surface area contributed by atoms with Gasteiger partial charge in [0.2, 0.25) is 0 Å². The molecular weight excluding hydrogens is 339 g/mol. The number of urea groups is 2. The molecule has 3 rings (SSSR count). The van der Waals surface area contributed by atoms with Crippen molar-refractivity contribution >= 4 is 29.3 Å². The number of rotatable bonds is 4. The van der Waals surface area contributed by atoms with Crippen LogP contribution in [0.3, 0.4) is 0 Å². The van der Waals surface area contributed by atoms with Gasteiger partial charge in [0, 0.05) is 12.8 Å². The van der Waals surface area contributed by atoms with Gasteiger partial charge in [0.05, 0.1) is 24.8 Å². The number of amidine groups is 1. The molecule has 1 aromatic carbocycles. The zero-order valence-electron chi connectivity index (χ0n) is 14.1. The standard InChI is InChI=1S/C18H17FN4O3/c1-26-11-10-23-16(14-4-2-3-5-15(14)21-18(23)25)22-17(24)20-13-8-6-12(19)7-9-13/h2-9,14H,10-11H2,1H3,(H,20,24)/b22-16-. The number of nitrogens with zero attached hydrogens (tertiary/aromatic N) is 3. The third-order valence-electron chi connectivity index (χ3n) is 3.84. The van der Waals surface area contributed by atoms with Crippen LogP contribution in [-0.2, 0) is 4.74 Å². The van der Waals surface area contributed by atoms with Gasteiger partial charge < -0.3 is 10.1 Å². The number of anilines is 1. The lowest BCUT2D eigenvalue weighted by molar-refractivity contribution is 0.174. The van der Waals surface area contributed by atoms with E-state index in [0.717, 1.165) is 0 Å². The average Bonchev–Trinajstić information content (AvgIpc) is 2.63. The first-order valence-corrected chi connectivity index (χ1v) is 7.97. The third-order valence-corrected chi connectivity index (χ3v) is 3.84. The van der Waals surface area contributed by atoms with Crippen molar-refractivity contribution in [1.29, 1.82) is 0 Å². The van der Waals surface area contributed by atoms with Crippen LogP contribution in [0.4, 0.5) is 19.7 Å². The number of ether oxygens (including phenoxy) is 1. The maximum Gasteiger partial charge on any atom is 0.349 e. The van der Waals surface area contributed by atoms with Crippen molar-refractivity contribution in [2.75, 3.05) is 25.6 Å². The van der Waals surface area contributed by atoms with E-state index in [-0.39, 0.29) is 19.0 Å². The van der Waals surface area contributed by atoms with Gasteiger partial charge >= 0.3 is 12.1 Å². The van der Waals surface area contributed by atoms with Gasteiger partial charge in [-0.05, 0) is 30.3 Å². The minimum Gasteiger partial charge on any atom is -0.383 e. The van der Waals surface area contributed by atoms with Crippen molar-refractivity contribution in [1.82, 2.24) is 4.90 Å². The Morgan fingerprint density at radius 1 is 1.35 bits per heavy atom. The highest BCUT2D eigenvalue weighted by Gasteiger charge is 2.34. The first-order valence-electron chi connectivity index (χ1n) is 7.97. The summed E-state index contributed by atoms with van der Waals surface area (Å²) >= 11 is 0. The number of nitrogens with one attached hydrogen (secondary N) is 1. The first kappa shape index (κ1) is 17.7. The number of halogens is 1. The molecule has 1 aromatic rings. The molecule has 0 bridgehead atoms. The third kappa shape index (κ3) is 3.92. The van der Waals surface area contributed by atoms with Gasteiger partial charge in [0.25, 0.3) is 0 Å². The summed E-state index contributed by atoms with van der Waals surface area (Å²) in [6.45, 7) is 0.504. The molecule has 1 N–H and O–H groups in total. The van der Waals surface area contributed by atoms with Gasteiger partial charge in [-0.25, -0.2) is 14.0 Å². The normalized spacial score (nSPS) is 20.2. The van der Waals surface area contributed by atoms with Crippen molar-refractivity contribution in [2.24, 2.45) is 15.9 Å². The second-order valence-corrected chi connectivity index (χ2v) is 5.59. The monoisotopic (exact) mass is 356 g/mol. The maximum absolute atomic E-state index is 13.0. The summed E-state index contributed by atoms with van der Waals surface area (Å²) in [5.41, 5.74) is 0.929. The summed E-state index contributed by atoms with van der Waals surface area (Å²) in [4.78, 5) is 34.1. The second kappa shape index (κ2) is 7.83. The van der Waals surface area contributed by atoms with Gasteiger partial charge in [-0.15, -0.1) is 0 Å². The van der Waals surface area contributed by atoms with Crippen LogP contribution in [0, 0.1) is 11.7 Å². The van der Waals surface area contributed by atoms with Crippen LogP contribution >= 0.6 is 0 Å². The van der Waals surface area contributed by atoms with E-state index in [2.05, 4.69) is 15.3 Å². The number of fused-ring (bicyclic) bond motifs is 1. The van der Waals surface area contributed by atoms with E-state index in [4.69, 9.17) is 4.74 Å². The Labute approximate surface area is 149 Å². The highest BCUT2D eigenvalue weighted by atomic mass is 19.1. The number of allylic oxidation sites excluding steroid dienone is 3. The Kier molecular flexibility index (Phi) is 5.33. The fraction of sp³-hybridized carbons (Fsp3) is 0.222. The van der Waals surface area contributed by atoms with Gasteiger partial charge in [0.1, 0.15) is 11.7 Å². The molecule has 0 fully saturated rings. The maximum atomic E-state index is 13.0. The second-order valence-electron chi connectivity index (χ2n) is 5.59. The van der Waals surface area contributed by atoms with E-state index in [1.165, 1.54) is 36.3 Å². The SMILES string of the molecule is COCCN1C(=O)N=C2C=CC=CC2/C1=N/C(=O)Nc1ccc(F)cc1. The molecule has 1 unspecified atom stereocenters. The molecule has 26 heavy (non-hydrogen) atoms. The Morgan fingerprint density at radius 3 is 2.85 bits per heavy atom. The minimum absolute atomic E-state index is 0.225. The van der Waals surface area contributed by atoms with Crippen LogP contribution in [0.25, 0.3) is 0 Å². The molecule has 134 valence electrons. The number of hydrogen-bond donors (Lipinski definition) is 1. The van der Waals surface area contributed by atoms with E-state index >= 15 is 0 Å². The Bertz CT molecular complexity index is 827. The largest absolute Gasteiger partial charge is 0.383 e. The number of amides is 4. The van der Waals surface area contributed by atoms with E-state index in [0.29, 0.717) is 11.4 Å². The summed E-state index contributed by atoms with van der Waals surface area (Å²) < 4.78 is 18.0. The van der Waals surface area contributed by atoms with Crippen LogP contribution in [0.15, 0.2) is 58.6 Å². The van der Waals surface area contributed by atoms with Crippen LogP contribution in [0.5, 0.6) is 0 Å². The van der Waals surface area contributed by atoms with Gasteiger partial charge in [-0.3, -0.25) is 4.90 Å². The fourth-order valence-corrected chi connectivity index (χ4v) is 2.60. The smallest absolute Gasteiger partial charge is 0.349 e. The Balaban J connectivity index is 1.87. The van der Waals surface area contributed by atoms with Crippen LogP contribution < -0.4 is 5.32 Å². The van der Waals surface area contributed by atoms with Gasteiger partial charge in [-0.2, -0.15) is 9.98 Å². The van der Waals surface area contributed by atoms with Crippen molar-refractivity contribution in [3.05, 3.63) is 54.4 Å². The van der Waals surface area contributed by atoms with E-state index < -0.39 is 23.8 Å². The Hall–Kier alpha value is -3.13. The summed E-state index contributed by atoms with van der Waals surface area (Å²) in [6.07, 6.45) is 7.10. The van der Waals surface area contributed by atoms with Gasteiger partial charge in [-0.1, -0.05) is 18.2 Å². The van der Waals surface area contributed by atoms with Crippen LogP contribution in [0.2, 0.25) is 0 Å². The molecular formula is C18H17FN4O3. The number of aliphatic imine (C=N–C) groups is 2. The molecule has 1 aliphatic heterocycles. The molecule has 0 radical (unpaired) electrons. The number of benzene rings is 1. The summed E-state index contributed by atoms with van der Waals surface area (Å²) in [5.74, 6) is -0.524. The molecule has 1 atom stereocenters. The van der Waals surface area contributed by atoms with Crippen molar-refractivity contribution in [3.63, 3.8) is 0 Å². The molecule has 7 nitrogen and oxygen atoms in total. The molecule has 0 saturated heterocycles. The zero-order valence-corrected chi connectivity index (χ0v) is 14.1. The topological polar surface area (TPSA) is 83.4 Å². The van der Waals surface area contributed by atoms with Crippen LogP contribution in [0.1, 0.15) is 0 Å². The summed E-state index contributed by atoms with van der Waals surface area (Å²) in [6, 6.07) is 4.16. The van der Waals surface area contributed by atoms with Crippen molar-refractivity contribution < 1.29 is 18.7 Å². The average molecular weight is 356 g/mol. The molecule has 0 saturated carbocycles. The molecule has 0 spiro atoms. The van der Waals surface area contributed by atoms with Crippen LogP contribution in [-0.4, -0.2) is 48.8 Å². The quantitative estimate of drug-likeness (QED) is 0.900. The van der Waals surface area contributed by atoms with Crippen molar-refractivity contribution in [3.8, 4) is 0 Å². The zero-order chi connectivity index (χ0) is 18.5. The molecule has 1 aliphatic carbocycles. The van der Waals surface area contributed by atoms with Crippen molar-refractivity contribution in [2.45, 2.75) is 0 Å². The number of methoxy groups -OCH3 is 1. The summed E-state index contributed by atoms with van der Waals surface area (Å²) in [5, 5.41) is 2.56. The lowest BCUT2D eigenvalue weighted by Crippen LogP contribution is -2.48. The Morgan fingerprint density at radius 2 is 2.12 bits per heavy atom. The molecule has 0 aromatic heterocycles. The van der Waals surface area contributed by atoms with E-state index in [1.54, 1.807) is 18.2 Å². The molecule has 2 aliphatic rings. The number of carbonyl (C=O) groups is 2. The number of carbonyl (C=O) groups excluding carboxylic acids is 2. The lowest BCUT2D eigenvalue weighted by atomic mass is 9.95. The van der Waals surface area contributed by atoms with E-state index in [9.17, 15) is 14.0 Å². The molecule has 8 heteroatoms. The fourth-order valence-electron chi connectivity index (χ4n) is 2.60.